The molecule has 0 aliphatic carbocycles. The lowest BCUT2D eigenvalue weighted by molar-refractivity contribution is -0.137. The van der Waals surface area contributed by atoms with Crippen LogP contribution in [0.1, 0.15) is 30.2 Å². The van der Waals surface area contributed by atoms with Crippen LogP contribution in [0, 0.1) is 5.92 Å². The van der Waals surface area contributed by atoms with Crippen LogP contribution in [0.3, 0.4) is 0 Å². The van der Waals surface area contributed by atoms with Crippen molar-refractivity contribution in [3.8, 4) is 11.5 Å². The number of hydrogen-bond donors (Lipinski definition) is 0. The van der Waals surface area contributed by atoms with Gasteiger partial charge in [0.25, 0.3) is 0 Å². The van der Waals surface area contributed by atoms with Gasteiger partial charge < -0.3 is 19.3 Å². The van der Waals surface area contributed by atoms with Crippen molar-refractivity contribution in [3.05, 3.63) is 34.8 Å². The molecule has 2 aliphatic rings. The van der Waals surface area contributed by atoms with E-state index in [9.17, 15) is 9.59 Å². The van der Waals surface area contributed by atoms with Crippen molar-refractivity contribution in [2.45, 2.75) is 25.2 Å². The number of likely N-dealkylation sites (tertiary alicyclic amines) is 1. The molecule has 29 heavy (non-hydrogen) atoms. The molecule has 2 amide bonds. The maximum Gasteiger partial charge on any atom is 0.228 e. The van der Waals surface area contributed by atoms with E-state index in [1.165, 1.54) is 0 Å². The highest BCUT2D eigenvalue weighted by Gasteiger charge is 2.39. The minimum absolute atomic E-state index is 0.0379. The molecule has 0 spiro atoms. The average Bonchev–Trinajstić information content (AvgIpc) is 3.43. The Hall–Kier alpha value is -2.61. The molecule has 0 radical (unpaired) electrons. The van der Waals surface area contributed by atoms with Gasteiger partial charge in [-0.25, -0.2) is 4.98 Å². The minimum atomic E-state index is -0.314. The first kappa shape index (κ1) is 19.7. The molecule has 2 fully saturated rings. The fraction of sp³-hybridized carbons (Fsp3) is 0.476. The summed E-state index contributed by atoms with van der Waals surface area (Å²) in [5.41, 5.74) is 0.724. The molecule has 1 aromatic carbocycles. The molecule has 2 saturated heterocycles. The summed E-state index contributed by atoms with van der Waals surface area (Å²) in [5, 5.41) is 3.07. The van der Waals surface area contributed by atoms with Crippen molar-refractivity contribution in [1.29, 1.82) is 0 Å². The molecule has 154 valence electrons. The second kappa shape index (κ2) is 8.41. The number of amides is 2. The molecule has 2 unspecified atom stereocenters. The molecule has 0 saturated carbocycles. The van der Waals surface area contributed by atoms with Crippen molar-refractivity contribution >= 4 is 28.8 Å². The number of piperidine rings is 1. The van der Waals surface area contributed by atoms with E-state index < -0.39 is 0 Å². The standard InChI is InChI=1S/C21H25N3O4S/c1-27-17-6-5-16(11-18(17)28-2)24-13-15(10-19(24)25)21(26)23-8-3-4-14(12-23)20-22-7-9-29-20/h5-7,9,11,14-15H,3-4,8,10,12-13H2,1-2H3. The average molecular weight is 416 g/mol. The Labute approximate surface area is 174 Å². The zero-order valence-electron chi connectivity index (χ0n) is 16.7. The van der Waals surface area contributed by atoms with Crippen LogP contribution in [-0.4, -0.2) is 55.6 Å². The van der Waals surface area contributed by atoms with Crippen LogP contribution in [0.4, 0.5) is 5.69 Å². The second-order valence-corrected chi connectivity index (χ2v) is 8.36. The number of rotatable bonds is 5. The third-order valence-corrected chi connectivity index (χ3v) is 6.62. The maximum absolute atomic E-state index is 13.1. The van der Waals surface area contributed by atoms with E-state index in [-0.39, 0.29) is 24.2 Å². The number of ether oxygens (including phenoxy) is 2. The highest BCUT2D eigenvalue weighted by Crippen LogP contribution is 2.35. The third-order valence-electron chi connectivity index (χ3n) is 5.69. The number of hydrogen-bond acceptors (Lipinski definition) is 6. The summed E-state index contributed by atoms with van der Waals surface area (Å²) in [7, 11) is 3.14. The van der Waals surface area contributed by atoms with Gasteiger partial charge in [0.2, 0.25) is 11.8 Å². The summed E-state index contributed by atoms with van der Waals surface area (Å²) >= 11 is 1.65. The molecule has 2 aromatic rings. The van der Waals surface area contributed by atoms with Crippen molar-refractivity contribution in [1.82, 2.24) is 9.88 Å². The SMILES string of the molecule is COc1ccc(N2CC(C(=O)N3CCCC(c4nccs4)C3)CC2=O)cc1OC. The van der Waals surface area contributed by atoms with E-state index in [1.807, 2.05) is 22.5 Å². The summed E-state index contributed by atoms with van der Waals surface area (Å²) in [6.07, 6.45) is 4.08. The Morgan fingerprint density at radius 3 is 2.76 bits per heavy atom. The van der Waals surface area contributed by atoms with E-state index in [0.29, 0.717) is 30.5 Å². The van der Waals surface area contributed by atoms with Gasteiger partial charge in [-0.05, 0) is 25.0 Å². The first-order valence-electron chi connectivity index (χ1n) is 9.81. The number of anilines is 1. The maximum atomic E-state index is 13.1. The summed E-state index contributed by atoms with van der Waals surface area (Å²) in [6, 6.07) is 5.38. The van der Waals surface area contributed by atoms with Crippen LogP contribution in [-0.2, 0) is 9.59 Å². The van der Waals surface area contributed by atoms with Crippen LogP contribution in [0.15, 0.2) is 29.8 Å². The van der Waals surface area contributed by atoms with Crippen LogP contribution in [0.25, 0.3) is 0 Å². The Kier molecular flexibility index (Phi) is 5.71. The Morgan fingerprint density at radius 1 is 1.21 bits per heavy atom. The number of nitrogens with zero attached hydrogens (tertiary/aromatic N) is 3. The third kappa shape index (κ3) is 3.94. The van der Waals surface area contributed by atoms with Crippen molar-refractivity contribution in [3.63, 3.8) is 0 Å². The summed E-state index contributed by atoms with van der Waals surface area (Å²) in [4.78, 5) is 33.8. The zero-order valence-corrected chi connectivity index (χ0v) is 17.5. The number of aromatic nitrogens is 1. The summed E-state index contributed by atoms with van der Waals surface area (Å²) in [6.45, 7) is 1.83. The molecule has 2 atom stereocenters. The fourth-order valence-corrected chi connectivity index (χ4v) is 4.96. The molecule has 4 rings (SSSR count). The zero-order chi connectivity index (χ0) is 20.4. The first-order valence-corrected chi connectivity index (χ1v) is 10.7. The highest BCUT2D eigenvalue weighted by molar-refractivity contribution is 7.09. The second-order valence-electron chi connectivity index (χ2n) is 7.44. The predicted octanol–water partition coefficient (Wildman–Crippen LogP) is 2.92. The number of carbonyl (C=O) groups is 2. The van der Waals surface area contributed by atoms with Crippen molar-refractivity contribution in [2.75, 3.05) is 38.8 Å². The lowest BCUT2D eigenvalue weighted by atomic mass is 9.96. The van der Waals surface area contributed by atoms with Crippen LogP contribution in [0.2, 0.25) is 0 Å². The van der Waals surface area contributed by atoms with E-state index in [4.69, 9.17) is 9.47 Å². The van der Waals surface area contributed by atoms with Gasteiger partial charge in [-0.3, -0.25) is 9.59 Å². The number of carbonyl (C=O) groups excluding carboxylic acids is 2. The Bertz CT molecular complexity index is 886. The van der Waals surface area contributed by atoms with Gasteiger partial charge in [-0.2, -0.15) is 0 Å². The molecule has 7 nitrogen and oxygen atoms in total. The first-order chi connectivity index (χ1) is 14.1. The molecule has 1 aromatic heterocycles. The smallest absolute Gasteiger partial charge is 0.228 e. The largest absolute Gasteiger partial charge is 0.493 e. The fourth-order valence-electron chi connectivity index (χ4n) is 4.19. The van der Waals surface area contributed by atoms with E-state index in [0.717, 1.165) is 30.1 Å². The van der Waals surface area contributed by atoms with Crippen LogP contribution in [0.5, 0.6) is 11.5 Å². The van der Waals surface area contributed by atoms with Gasteiger partial charge in [0.05, 0.1) is 25.1 Å². The molecular formula is C21H25N3O4S. The lowest BCUT2D eigenvalue weighted by Crippen LogP contribution is -2.43. The van der Waals surface area contributed by atoms with Crippen LogP contribution < -0.4 is 14.4 Å². The van der Waals surface area contributed by atoms with Gasteiger partial charge >= 0.3 is 0 Å². The van der Waals surface area contributed by atoms with E-state index in [2.05, 4.69) is 4.98 Å². The van der Waals surface area contributed by atoms with E-state index in [1.54, 1.807) is 42.6 Å². The Morgan fingerprint density at radius 2 is 2.03 bits per heavy atom. The topological polar surface area (TPSA) is 72.0 Å². The molecule has 0 N–H and O–H groups in total. The molecular weight excluding hydrogens is 390 g/mol. The van der Waals surface area contributed by atoms with Gasteiger partial charge in [0.1, 0.15) is 0 Å². The van der Waals surface area contributed by atoms with Crippen molar-refractivity contribution < 1.29 is 19.1 Å². The highest BCUT2D eigenvalue weighted by atomic mass is 32.1. The number of thiazole rings is 1. The van der Waals surface area contributed by atoms with E-state index >= 15 is 0 Å². The molecule has 3 heterocycles. The number of methoxy groups -OCH3 is 2. The normalized spacial score (nSPS) is 22.1. The number of benzene rings is 1. The predicted molar refractivity (Wildman–Crippen MR) is 111 cm³/mol. The minimum Gasteiger partial charge on any atom is -0.493 e. The quantitative estimate of drug-likeness (QED) is 0.751. The van der Waals surface area contributed by atoms with Crippen molar-refractivity contribution in [2.24, 2.45) is 5.92 Å². The monoisotopic (exact) mass is 415 g/mol. The molecule has 2 aliphatic heterocycles. The van der Waals surface area contributed by atoms with Gasteiger partial charge in [-0.1, -0.05) is 0 Å². The van der Waals surface area contributed by atoms with Gasteiger partial charge in [0.15, 0.2) is 11.5 Å². The van der Waals surface area contributed by atoms with Gasteiger partial charge in [-0.15, -0.1) is 11.3 Å². The summed E-state index contributed by atoms with van der Waals surface area (Å²) in [5.74, 6) is 1.19. The van der Waals surface area contributed by atoms with Crippen LogP contribution >= 0.6 is 11.3 Å². The molecule has 0 bridgehead atoms. The lowest BCUT2D eigenvalue weighted by Gasteiger charge is -2.33. The molecule has 8 heteroatoms. The van der Waals surface area contributed by atoms with Gasteiger partial charge in [0, 0.05) is 55.3 Å². The summed E-state index contributed by atoms with van der Waals surface area (Å²) < 4.78 is 10.6. The Balaban J connectivity index is 1.45.